The number of hydrogen-bond acceptors (Lipinski definition) is 10. The van der Waals surface area contributed by atoms with Crippen LogP contribution in [0.25, 0.3) is 0 Å². The van der Waals surface area contributed by atoms with Crippen LogP contribution in [-0.4, -0.2) is 80.0 Å². The SMILES string of the molecule is COc1cc(OC)nc(OC(CNC(=O)c2ccccc2O)C(C)(CS(=O)(=O)C2CC2)OC)n1. The number of hydrogen-bond donors (Lipinski definition) is 2. The van der Waals surface area contributed by atoms with Gasteiger partial charge in [0.2, 0.25) is 11.8 Å². The van der Waals surface area contributed by atoms with E-state index >= 15 is 0 Å². The third-order valence-electron chi connectivity index (χ3n) is 5.59. The van der Waals surface area contributed by atoms with E-state index in [2.05, 4.69) is 15.3 Å². The fraction of sp³-hybridized carbons (Fsp3) is 0.500. The number of nitrogens with zero attached hydrogens (tertiary/aromatic N) is 2. The number of para-hydroxylation sites is 1. The molecular formula is C22H29N3O8S. The quantitative estimate of drug-likeness (QED) is 0.442. The second kappa shape index (κ2) is 10.4. The first-order valence-electron chi connectivity index (χ1n) is 10.6. The van der Waals surface area contributed by atoms with E-state index in [1.54, 1.807) is 19.1 Å². The second-order valence-corrected chi connectivity index (χ2v) is 10.4. The molecule has 11 nitrogen and oxygen atoms in total. The third kappa shape index (κ3) is 6.06. The van der Waals surface area contributed by atoms with Crippen molar-refractivity contribution in [3.8, 4) is 23.5 Å². The Balaban J connectivity index is 1.90. The van der Waals surface area contributed by atoms with Gasteiger partial charge in [-0.15, -0.1) is 0 Å². The third-order valence-corrected chi connectivity index (χ3v) is 8.05. The smallest absolute Gasteiger partial charge is 0.323 e. The number of phenolic OH excluding ortho intramolecular Hbond substituents is 1. The van der Waals surface area contributed by atoms with Gasteiger partial charge in [-0.25, -0.2) is 8.42 Å². The second-order valence-electron chi connectivity index (χ2n) is 8.09. The number of methoxy groups -OCH3 is 3. The number of ether oxygens (including phenoxy) is 4. The molecule has 0 bridgehead atoms. The standard InChI is InChI=1S/C22H29N3O8S/c1-22(32-4,13-34(28,29)14-9-10-14)17(12-23-20(27)15-7-5-6-8-16(15)26)33-21-24-18(30-2)11-19(25-21)31-3/h5-8,11,14,17,26H,9-10,12-13H2,1-4H3,(H,23,27). The van der Waals surface area contributed by atoms with Gasteiger partial charge in [0.1, 0.15) is 17.5 Å². The number of amides is 1. The first-order valence-corrected chi connectivity index (χ1v) is 12.3. The van der Waals surface area contributed by atoms with Crippen molar-refractivity contribution >= 4 is 15.7 Å². The van der Waals surface area contributed by atoms with Crippen molar-refractivity contribution in [3.63, 3.8) is 0 Å². The van der Waals surface area contributed by atoms with E-state index < -0.39 is 32.7 Å². The minimum absolute atomic E-state index is 0.0604. The zero-order valence-electron chi connectivity index (χ0n) is 19.5. The number of carbonyl (C=O) groups excluding carboxylic acids is 1. The summed E-state index contributed by atoms with van der Waals surface area (Å²) in [6.45, 7) is 1.42. The van der Waals surface area contributed by atoms with Crippen molar-refractivity contribution in [2.75, 3.05) is 33.6 Å². The van der Waals surface area contributed by atoms with Crippen molar-refractivity contribution < 1.29 is 37.3 Å². The Labute approximate surface area is 198 Å². The molecule has 2 N–H and O–H groups in total. The van der Waals surface area contributed by atoms with Crippen molar-refractivity contribution in [3.05, 3.63) is 35.9 Å². The van der Waals surface area contributed by atoms with Crippen LogP contribution in [-0.2, 0) is 14.6 Å². The molecule has 3 rings (SSSR count). The highest BCUT2D eigenvalue weighted by Crippen LogP contribution is 2.33. The topological polar surface area (TPSA) is 146 Å². The van der Waals surface area contributed by atoms with Gasteiger partial charge in [0.15, 0.2) is 9.84 Å². The maximum atomic E-state index is 12.8. The van der Waals surface area contributed by atoms with Gasteiger partial charge in [-0.2, -0.15) is 9.97 Å². The number of phenols is 1. The van der Waals surface area contributed by atoms with Crippen LogP contribution < -0.4 is 19.5 Å². The summed E-state index contributed by atoms with van der Waals surface area (Å²) in [5.41, 5.74) is -1.31. The lowest BCUT2D eigenvalue weighted by molar-refractivity contribution is -0.0642. The molecule has 1 aromatic heterocycles. The minimum atomic E-state index is -3.47. The van der Waals surface area contributed by atoms with Crippen LogP contribution in [0.2, 0.25) is 0 Å². The maximum absolute atomic E-state index is 12.8. The molecule has 0 saturated heterocycles. The molecule has 2 atom stereocenters. The van der Waals surface area contributed by atoms with Gasteiger partial charge in [-0.05, 0) is 31.9 Å². The molecule has 0 aliphatic heterocycles. The van der Waals surface area contributed by atoms with Gasteiger partial charge in [-0.3, -0.25) is 4.79 Å². The summed E-state index contributed by atoms with van der Waals surface area (Å²) in [5.74, 6) is -0.755. The summed E-state index contributed by atoms with van der Waals surface area (Å²) in [4.78, 5) is 21.0. The average molecular weight is 496 g/mol. The molecule has 2 unspecified atom stereocenters. The first kappa shape index (κ1) is 25.5. The molecule has 1 aliphatic rings. The monoisotopic (exact) mass is 495 g/mol. The summed E-state index contributed by atoms with van der Waals surface area (Å²) >= 11 is 0. The number of nitrogens with one attached hydrogen (secondary N) is 1. The predicted octanol–water partition coefficient (Wildman–Crippen LogP) is 1.36. The van der Waals surface area contributed by atoms with Crippen LogP contribution in [0.4, 0.5) is 0 Å². The highest BCUT2D eigenvalue weighted by molar-refractivity contribution is 7.92. The summed E-state index contributed by atoms with van der Waals surface area (Å²) in [7, 11) is 0.734. The van der Waals surface area contributed by atoms with E-state index in [1.165, 1.54) is 39.5 Å². The van der Waals surface area contributed by atoms with Gasteiger partial charge in [-0.1, -0.05) is 12.1 Å². The lowest BCUT2D eigenvalue weighted by Gasteiger charge is -2.35. The molecule has 0 radical (unpaired) electrons. The van der Waals surface area contributed by atoms with E-state index in [4.69, 9.17) is 18.9 Å². The van der Waals surface area contributed by atoms with Gasteiger partial charge in [0, 0.05) is 7.11 Å². The number of aromatic nitrogens is 2. The molecule has 1 aromatic carbocycles. The zero-order chi connectivity index (χ0) is 24.9. The first-order chi connectivity index (χ1) is 16.1. The Morgan fingerprint density at radius 2 is 1.79 bits per heavy atom. The Morgan fingerprint density at radius 1 is 1.18 bits per heavy atom. The maximum Gasteiger partial charge on any atom is 0.323 e. The lowest BCUT2D eigenvalue weighted by Crippen LogP contribution is -2.55. The van der Waals surface area contributed by atoms with Crippen LogP contribution in [0.3, 0.4) is 0 Å². The normalized spacial score (nSPS) is 16.2. The van der Waals surface area contributed by atoms with Crippen molar-refractivity contribution in [1.29, 1.82) is 0 Å². The highest BCUT2D eigenvalue weighted by Gasteiger charge is 2.46. The molecule has 1 fully saturated rings. The molecule has 34 heavy (non-hydrogen) atoms. The van der Waals surface area contributed by atoms with Gasteiger partial charge >= 0.3 is 6.01 Å². The van der Waals surface area contributed by atoms with Gasteiger partial charge < -0.3 is 29.4 Å². The molecular weight excluding hydrogens is 466 g/mol. The highest BCUT2D eigenvalue weighted by atomic mass is 32.2. The molecule has 1 saturated carbocycles. The van der Waals surface area contributed by atoms with E-state index in [9.17, 15) is 18.3 Å². The van der Waals surface area contributed by atoms with Crippen LogP contribution in [0, 0.1) is 0 Å². The summed E-state index contributed by atoms with van der Waals surface area (Å²) < 4.78 is 47.5. The van der Waals surface area contributed by atoms with Crippen LogP contribution >= 0.6 is 0 Å². The molecule has 1 heterocycles. The number of rotatable bonds is 12. The fourth-order valence-corrected chi connectivity index (χ4v) is 5.52. The molecule has 2 aromatic rings. The Bertz CT molecular complexity index is 1100. The van der Waals surface area contributed by atoms with E-state index in [0.717, 1.165) is 0 Å². The average Bonchev–Trinajstić information content (AvgIpc) is 3.67. The van der Waals surface area contributed by atoms with Crippen molar-refractivity contribution in [2.45, 2.75) is 36.7 Å². The summed E-state index contributed by atoms with van der Waals surface area (Å²) in [5, 5.41) is 12.2. The fourth-order valence-electron chi connectivity index (χ4n) is 3.33. The lowest BCUT2D eigenvalue weighted by atomic mass is 10.0. The zero-order valence-corrected chi connectivity index (χ0v) is 20.3. The Hall–Kier alpha value is -3.12. The summed E-state index contributed by atoms with van der Waals surface area (Å²) in [6, 6.07) is 7.36. The van der Waals surface area contributed by atoms with Crippen molar-refractivity contribution in [1.82, 2.24) is 15.3 Å². The largest absolute Gasteiger partial charge is 0.507 e. The van der Waals surface area contributed by atoms with E-state index in [-0.39, 0.29) is 41.4 Å². The molecule has 12 heteroatoms. The van der Waals surface area contributed by atoms with Crippen LogP contribution in [0.15, 0.2) is 30.3 Å². The number of sulfone groups is 1. The van der Waals surface area contributed by atoms with Crippen LogP contribution in [0.1, 0.15) is 30.1 Å². The van der Waals surface area contributed by atoms with Gasteiger partial charge in [0.05, 0.1) is 43.4 Å². The summed E-state index contributed by atoms with van der Waals surface area (Å²) in [6.07, 6.45) is 0.180. The predicted molar refractivity (Wildman–Crippen MR) is 122 cm³/mol. The Morgan fingerprint density at radius 3 is 2.32 bits per heavy atom. The minimum Gasteiger partial charge on any atom is -0.507 e. The molecule has 186 valence electrons. The van der Waals surface area contributed by atoms with Crippen molar-refractivity contribution in [2.24, 2.45) is 0 Å². The van der Waals surface area contributed by atoms with E-state index in [1.807, 2.05) is 0 Å². The number of carbonyl (C=O) groups is 1. The number of benzene rings is 1. The molecule has 1 aliphatic carbocycles. The van der Waals surface area contributed by atoms with Gasteiger partial charge in [0.25, 0.3) is 5.91 Å². The van der Waals surface area contributed by atoms with E-state index in [0.29, 0.717) is 12.8 Å². The molecule has 0 spiro atoms. The number of aromatic hydroxyl groups is 1. The van der Waals surface area contributed by atoms with Crippen LogP contribution in [0.5, 0.6) is 23.5 Å². The molecule has 1 amide bonds. The Kier molecular flexibility index (Phi) is 7.82.